The van der Waals surface area contributed by atoms with Gasteiger partial charge in [0, 0.05) is 13.2 Å². The number of ether oxygens (including phenoxy) is 1. The third-order valence-corrected chi connectivity index (χ3v) is 4.30. The van der Waals surface area contributed by atoms with Crippen LogP contribution in [0.1, 0.15) is 24.8 Å². The molecule has 1 aromatic carbocycles. The number of nitriles is 1. The van der Waals surface area contributed by atoms with Crippen LogP contribution in [0.5, 0.6) is 0 Å². The fraction of sp³-hybridized carbons (Fsp3) is 0.471. The van der Waals surface area contributed by atoms with Crippen LogP contribution in [0.2, 0.25) is 0 Å². The van der Waals surface area contributed by atoms with E-state index >= 15 is 0 Å². The Hall–Kier alpha value is -2.39. The van der Waals surface area contributed by atoms with E-state index in [1.807, 2.05) is 6.07 Å². The first-order valence-corrected chi connectivity index (χ1v) is 7.88. The van der Waals surface area contributed by atoms with Crippen LogP contribution in [0.3, 0.4) is 0 Å². The van der Waals surface area contributed by atoms with Crippen LogP contribution in [-0.2, 0) is 14.3 Å². The number of nitrogens with zero attached hydrogens (tertiary/aromatic N) is 1. The normalized spacial score (nSPS) is 25.4. The number of amides is 2. The Balaban J connectivity index is 1.48. The molecule has 3 rings (SSSR count). The molecule has 0 spiro atoms. The lowest BCUT2D eigenvalue weighted by Gasteiger charge is -2.10. The minimum absolute atomic E-state index is 0.0887. The zero-order valence-electron chi connectivity index (χ0n) is 12.7. The number of rotatable bonds is 5. The molecule has 1 saturated heterocycles. The summed E-state index contributed by atoms with van der Waals surface area (Å²) in [6.07, 6.45) is 2.66. The van der Waals surface area contributed by atoms with Gasteiger partial charge in [0.2, 0.25) is 11.8 Å². The number of para-hydroxylation sites is 1. The predicted molar refractivity (Wildman–Crippen MR) is 83.4 cm³/mol. The van der Waals surface area contributed by atoms with Crippen molar-refractivity contribution in [2.45, 2.75) is 25.4 Å². The second kappa shape index (κ2) is 6.80. The number of nitrogens with one attached hydrogen (secondary N) is 2. The first-order chi connectivity index (χ1) is 11.2. The van der Waals surface area contributed by atoms with Crippen LogP contribution >= 0.6 is 0 Å². The van der Waals surface area contributed by atoms with E-state index in [0.29, 0.717) is 24.2 Å². The second-order valence-corrected chi connectivity index (χ2v) is 5.98. The van der Waals surface area contributed by atoms with E-state index in [1.54, 1.807) is 24.3 Å². The largest absolute Gasteiger partial charge is 0.376 e. The summed E-state index contributed by atoms with van der Waals surface area (Å²) in [6, 6.07) is 8.87. The molecule has 0 bridgehead atoms. The molecule has 6 heteroatoms. The summed E-state index contributed by atoms with van der Waals surface area (Å²) in [6.45, 7) is 1.27. The van der Waals surface area contributed by atoms with Crippen molar-refractivity contribution < 1.29 is 14.3 Å². The molecule has 1 aromatic rings. The molecule has 2 aliphatic rings. The highest BCUT2D eigenvalue weighted by molar-refractivity contribution is 6.00. The van der Waals surface area contributed by atoms with Crippen molar-refractivity contribution in [3.05, 3.63) is 29.8 Å². The monoisotopic (exact) mass is 313 g/mol. The maximum absolute atomic E-state index is 12.2. The predicted octanol–water partition coefficient (Wildman–Crippen LogP) is 1.43. The molecule has 1 heterocycles. The van der Waals surface area contributed by atoms with Crippen LogP contribution < -0.4 is 10.6 Å². The van der Waals surface area contributed by atoms with Gasteiger partial charge in [0.05, 0.1) is 29.2 Å². The lowest BCUT2D eigenvalue weighted by atomic mass is 10.2. The highest BCUT2D eigenvalue weighted by Gasteiger charge is 2.48. The zero-order chi connectivity index (χ0) is 16.2. The van der Waals surface area contributed by atoms with Crippen LogP contribution in [0.25, 0.3) is 0 Å². The molecule has 3 unspecified atom stereocenters. The molecular weight excluding hydrogens is 294 g/mol. The lowest BCUT2D eigenvalue weighted by Crippen LogP contribution is -2.33. The fourth-order valence-corrected chi connectivity index (χ4v) is 2.84. The molecule has 3 atom stereocenters. The van der Waals surface area contributed by atoms with Crippen molar-refractivity contribution in [2.24, 2.45) is 11.8 Å². The van der Waals surface area contributed by atoms with Crippen LogP contribution in [0.4, 0.5) is 5.69 Å². The van der Waals surface area contributed by atoms with Crippen molar-refractivity contribution in [1.29, 1.82) is 5.26 Å². The highest BCUT2D eigenvalue weighted by Crippen LogP contribution is 2.39. The van der Waals surface area contributed by atoms with Gasteiger partial charge < -0.3 is 15.4 Å². The number of anilines is 1. The molecule has 6 nitrogen and oxygen atoms in total. The van der Waals surface area contributed by atoms with Gasteiger partial charge in [-0.05, 0) is 31.4 Å². The highest BCUT2D eigenvalue weighted by atomic mass is 16.5. The van der Waals surface area contributed by atoms with E-state index in [1.165, 1.54) is 0 Å². The Bertz CT molecular complexity index is 647. The third-order valence-electron chi connectivity index (χ3n) is 4.30. The minimum atomic E-state index is -0.314. The molecule has 2 fully saturated rings. The maximum Gasteiger partial charge on any atom is 0.228 e. The quantitative estimate of drug-likeness (QED) is 0.860. The molecule has 2 amide bonds. The number of hydrogen-bond donors (Lipinski definition) is 2. The van der Waals surface area contributed by atoms with Gasteiger partial charge in [-0.3, -0.25) is 9.59 Å². The smallest absolute Gasteiger partial charge is 0.228 e. The summed E-state index contributed by atoms with van der Waals surface area (Å²) in [4.78, 5) is 24.2. The third kappa shape index (κ3) is 3.69. The fourth-order valence-electron chi connectivity index (χ4n) is 2.84. The van der Waals surface area contributed by atoms with Gasteiger partial charge in [-0.2, -0.15) is 5.26 Å². The Morgan fingerprint density at radius 3 is 2.78 bits per heavy atom. The molecule has 1 aliphatic heterocycles. The van der Waals surface area contributed by atoms with E-state index in [-0.39, 0.29) is 29.8 Å². The molecule has 23 heavy (non-hydrogen) atoms. The number of carbonyl (C=O) groups is 2. The molecule has 0 aromatic heterocycles. The van der Waals surface area contributed by atoms with Crippen LogP contribution in [0.15, 0.2) is 24.3 Å². The summed E-state index contributed by atoms with van der Waals surface area (Å²) >= 11 is 0. The van der Waals surface area contributed by atoms with Gasteiger partial charge in [-0.1, -0.05) is 12.1 Å². The topological polar surface area (TPSA) is 91.2 Å². The van der Waals surface area contributed by atoms with Crippen molar-refractivity contribution in [3.8, 4) is 6.07 Å². The summed E-state index contributed by atoms with van der Waals surface area (Å²) in [5.41, 5.74) is 0.909. The number of hydrogen-bond acceptors (Lipinski definition) is 4. The summed E-state index contributed by atoms with van der Waals surface area (Å²) < 4.78 is 5.46. The van der Waals surface area contributed by atoms with Crippen molar-refractivity contribution >= 4 is 17.5 Å². The van der Waals surface area contributed by atoms with Crippen molar-refractivity contribution in [3.63, 3.8) is 0 Å². The SMILES string of the molecule is N#Cc1ccccc1NC(=O)C1CC1C(=O)NCC1CCCO1. The van der Waals surface area contributed by atoms with E-state index in [4.69, 9.17) is 10.00 Å². The van der Waals surface area contributed by atoms with Gasteiger partial charge in [0.15, 0.2) is 0 Å². The zero-order valence-corrected chi connectivity index (χ0v) is 12.7. The van der Waals surface area contributed by atoms with E-state index in [2.05, 4.69) is 10.6 Å². The van der Waals surface area contributed by atoms with Crippen molar-refractivity contribution in [1.82, 2.24) is 5.32 Å². The molecule has 120 valence electrons. The molecule has 0 radical (unpaired) electrons. The van der Waals surface area contributed by atoms with E-state index in [9.17, 15) is 9.59 Å². The van der Waals surface area contributed by atoms with E-state index < -0.39 is 0 Å². The van der Waals surface area contributed by atoms with Gasteiger partial charge in [-0.15, -0.1) is 0 Å². The minimum Gasteiger partial charge on any atom is -0.376 e. The first kappa shape index (κ1) is 15.5. The first-order valence-electron chi connectivity index (χ1n) is 7.88. The average molecular weight is 313 g/mol. The molecule has 1 saturated carbocycles. The molecular formula is C17H19N3O3. The second-order valence-electron chi connectivity index (χ2n) is 5.98. The van der Waals surface area contributed by atoms with Gasteiger partial charge in [-0.25, -0.2) is 0 Å². The van der Waals surface area contributed by atoms with Crippen LogP contribution in [0, 0.1) is 23.2 Å². The maximum atomic E-state index is 12.2. The Labute approximate surface area is 134 Å². The standard InChI is InChI=1S/C17H19N3O3/c18-9-11-4-1-2-6-15(11)20-17(22)14-8-13(14)16(21)19-10-12-5-3-7-23-12/h1-2,4,6,12-14H,3,5,7-8,10H2,(H,19,21)(H,20,22). The molecule has 2 N–H and O–H groups in total. The molecule has 1 aliphatic carbocycles. The summed E-state index contributed by atoms with van der Waals surface area (Å²) in [7, 11) is 0. The average Bonchev–Trinajstić information content (AvgIpc) is 3.21. The lowest BCUT2D eigenvalue weighted by molar-refractivity contribution is -0.125. The number of carbonyl (C=O) groups excluding carboxylic acids is 2. The van der Waals surface area contributed by atoms with Crippen LogP contribution in [-0.4, -0.2) is 31.1 Å². The van der Waals surface area contributed by atoms with Gasteiger partial charge >= 0.3 is 0 Å². The Morgan fingerprint density at radius 1 is 1.26 bits per heavy atom. The van der Waals surface area contributed by atoms with Gasteiger partial charge in [0.25, 0.3) is 0 Å². The van der Waals surface area contributed by atoms with E-state index in [0.717, 1.165) is 19.4 Å². The Morgan fingerprint density at radius 2 is 2.04 bits per heavy atom. The summed E-state index contributed by atoms with van der Waals surface area (Å²) in [5.74, 6) is -0.879. The number of benzene rings is 1. The van der Waals surface area contributed by atoms with Crippen molar-refractivity contribution in [2.75, 3.05) is 18.5 Å². The Kier molecular flexibility index (Phi) is 4.58. The summed E-state index contributed by atoms with van der Waals surface area (Å²) in [5, 5.41) is 14.6. The van der Waals surface area contributed by atoms with Gasteiger partial charge in [0.1, 0.15) is 6.07 Å².